The molecule has 0 amide bonds. The van der Waals surface area contributed by atoms with Crippen molar-refractivity contribution in [3.05, 3.63) is 69.3 Å². The summed E-state index contributed by atoms with van der Waals surface area (Å²) >= 11 is 0. The van der Waals surface area contributed by atoms with Crippen LogP contribution in [0.25, 0.3) is 22.1 Å². The Bertz CT molecular complexity index is 1930. The van der Waals surface area contributed by atoms with Crippen LogP contribution in [0.2, 0.25) is 0 Å². The first-order chi connectivity index (χ1) is 24.5. The van der Waals surface area contributed by atoms with Crippen LogP contribution >= 0.6 is 0 Å². The fraction of sp³-hybridized carbons (Fsp3) is 0.474. The molecule has 0 spiro atoms. The van der Waals surface area contributed by atoms with E-state index < -0.39 is 46.9 Å². The molecule has 5 rings (SSSR count). The number of H-pyrrole nitrogens is 2. The second-order valence-electron chi connectivity index (χ2n) is 14.1. The third kappa shape index (κ3) is 7.30. The maximum absolute atomic E-state index is 12.8. The van der Waals surface area contributed by atoms with Crippen molar-refractivity contribution in [3.63, 3.8) is 0 Å². The van der Waals surface area contributed by atoms with Crippen molar-refractivity contribution < 1.29 is 48.3 Å². The van der Waals surface area contributed by atoms with E-state index in [1.165, 1.54) is 28.4 Å². The first kappa shape index (κ1) is 38.2. The highest BCUT2D eigenvalue weighted by Crippen LogP contribution is 2.44. The summed E-state index contributed by atoms with van der Waals surface area (Å²) in [4.78, 5) is 67.0. The van der Waals surface area contributed by atoms with E-state index in [9.17, 15) is 29.4 Å². The molecule has 8 bridgehead atoms. The number of carbonyl (C=O) groups is 4. The van der Waals surface area contributed by atoms with Crippen molar-refractivity contribution in [2.24, 2.45) is 0 Å². The number of rotatable bonds is 10. The number of aromatic nitrogens is 4. The highest BCUT2D eigenvalue weighted by molar-refractivity contribution is 5.86. The number of ether oxygens (including phenoxy) is 4. The molecule has 278 valence electrons. The van der Waals surface area contributed by atoms with Crippen molar-refractivity contribution in [3.8, 4) is 0 Å². The molecule has 4 N–H and O–H groups in total. The highest BCUT2D eigenvalue weighted by atomic mass is 16.5. The van der Waals surface area contributed by atoms with Crippen LogP contribution < -0.4 is 0 Å². The second kappa shape index (κ2) is 14.9. The molecular formula is C38H46N4O10. The van der Waals surface area contributed by atoms with Crippen molar-refractivity contribution >= 4 is 45.9 Å². The molecule has 2 aliphatic rings. The van der Waals surface area contributed by atoms with Gasteiger partial charge in [0, 0.05) is 45.7 Å². The Balaban J connectivity index is 2.01. The van der Waals surface area contributed by atoms with Crippen molar-refractivity contribution in [2.75, 3.05) is 28.4 Å². The number of esters is 4. The van der Waals surface area contributed by atoms with Gasteiger partial charge in [0.15, 0.2) is 0 Å². The first-order valence-corrected chi connectivity index (χ1v) is 17.0. The molecule has 2 unspecified atom stereocenters. The molecule has 5 heterocycles. The molecule has 0 saturated heterocycles. The van der Waals surface area contributed by atoms with E-state index in [0.29, 0.717) is 67.1 Å². The zero-order chi connectivity index (χ0) is 38.1. The molecule has 3 aromatic rings. The standard InChI is InChI=1S/C38H46N4O10/c1-37(2)29-17-25-21(13-33(45)51-7)19(9-11-31(43)49-5)23(39-25)15-24-20(10-12-32(44)50-6)22(14-34(46)52-8)26(40-24)18-30-38(3,4)36(48)28(42-30)16-27(41-29)35(37)47/h15-18,35-36,39-40,47-48H,9-14H2,1-8H3. The summed E-state index contributed by atoms with van der Waals surface area (Å²) in [7, 11) is 5.17. The van der Waals surface area contributed by atoms with Crippen LogP contribution in [-0.2, 0) is 74.6 Å². The third-order valence-electron chi connectivity index (χ3n) is 10.2. The Kier molecular flexibility index (Phi) is 10.9. The highest BCUT2D eigenvalue weighted by Gasteiger charge is 2.42. The summed E-state index contributed by atoms with van der Waals surface area (Å²) in [5.74, 6) is -1.93. The predicted molar refractivity (Wildman–Crippen MR) is 189 cm³/mol. The van der Waals surface area contributed by atoms with Crippen molar-refractivity contribution in [2.45, 2.75) is 89.3 Å². The summed E-state index contributed by atoms with van der Waals surface area (Å²) in [6.07, 6.45) is -2.03. The van der Waals surface area contributed by atoms with Gasteiger partial charge in [-0.3, -0.25) is 29.1 Å². The first-order valence-electron chi connectivity index (χ1n) is 17.0. The van der Waals surface area contributed by atoms with E-state index in [1.807, 2.05) is 27.7 Å². The number of hydrogen-bond acceptors (Lipinski definition) is 12. The zero-order valence-corrected chi connectivity index (χ0v) is 30.8. The number of carbonyl (C=O) groups excluding carboxylic acids is 4. The third-order valence-corrected chi connectivity index (χ3v) is 10.2. The molecule has 0 fully saturated rings. The summed E-state index contributed by atoms with van der Waals surface area (Å²) in [5, 5.41) is 23.0. The van der Waals surface area contributed by atoms with Crippen LogP contribution in [0.4, 0.5) is 0 Å². The van der Waals surface area contributed by atoms with Gasteiger partial charge in [-0.25, -0.2) is 0 Å². The van der Waals surface area contributed by atoms with Crippen LogP contribution in [0.5, 0.6) is 0 Å². The Morgan fingerprint density at radius 2 is 0.923 bits per heavy atom. The van der Waals surface area contributed by atoms with E-state index in [2.05, 4.69) is 9.97 Å². The maximum Gasteiger partial charge on any atom is 0.310 e. The van der Waals surface area contributed by atoms with Crippen molar-refractivity contribution in [1.29, 1.82) is 0 Å². The Labute approximate surface area is 300 Å². The van der Waals surface area contributed by atoms with Crippen LogP contribution in [-0.4, -0.2) is 82.5 Å². The minimum Gasteiger partial charge on any atom is -0.469 e. The van der Waals surface area contributed by atoms with E-state index in [4.69, 9.17) is 28.9 Å². The topological polar surface area (TPSA) is 203 Å². The summed E-state index contributed by atoms with van der Waals surface area (Å²) in [5.41, 5.74) is 4.28. The van der Waals surface area contributed by atoms with Gasteiger partial charge in [0.05, 0.1) is 64.1 Å². The Morgan fingerprint density at radius 1 is 0.577 bits per heavy atom. The van der Waals surface area contributed by atoms with E-state index in [-0.39, 0.29) is 38.5 Å². The molecule has 2 aliphatic heterocycles. The minimum absolute atomic E-state index is 0.00321. The Morgan fingerprint density at radius 3 is 1.27 bits per heavy atom. The quantitative estimate of drug-likeness (QED) is 0.174. The fourth-order valence-corrected chi connectivity index (χ4v) is 6.74. The van der Waals surface area contributed by atoms with Gasteiger partial charge >= 0.3 is 23.9 Å². The average Bonchev–Trinajstić information content (AvgIpc) is 3.73. The van der Waals surface area contributed by atoms with Gasteiger partial charge in [-0.2, -0.15) is 0 Å². The van der Waals surface area contributed by atoms with Crippen LogP contribution in [0.15, 0.2) is 24.3 Å². The smallest absolute Gasteiger partial charge is 0.310 e. The largest absolute Gasteiger partial charge is 0.469 e. The SMILES string of the molecule is COC(=O)CCc1c(CC(=O)OC)c2cc3nc(cc4nc(cc5[nH]c(cc1[nH]2)c(CCC(=O)OC)c5CC(=O)OC)C(C)(C)C4O)C(O)C3(C)C. The second-order valence-corrected chi connectivity index (χ2v) is 14.1. The number of aliphatic hydroxyl groups is 2. The van der Waals surface area contributed by atoms with Gasteiger partial charge in [-0.15, -0.1) is 0 Å². The lowest BCUT2D eigenvalue weighted by Crippen LogP contribution is -2.22. The lowest BCUT2D eigenvalue weighted by molar-refractivity contribution is -0.141. The van der Waals surface area contributed by atoms with E-state index >= 15 is 0 Å². The van der Waals surface area contributed by atoms with Gasteiger partial charge < -0.3 is 39.1 Å². The number of fused-ring (bicyclic) bond motifs is 8. The molecule has 14 heteroatoms. The molecule has 3 aromatic heterocycles. The van der Waals surface area contributed by atoms with Gasteiger partial charge in [-0.1, -0.05) is 27.7 Å². The average molecular weight is 719 g/mol. The molecule has 52 heavy (non-hydrogen) atoms. The Hall–Kier alpha value is -5.08. The number of methoxy groups -OCH3 is 4. The molecule has 0 aliphatic carbocycles. The van der Waals surface area contributed by atoms with Crippen LogP contribution in [0.1, 0.15) is 97.8 Å². The zero-order valence-electron chi connectivity index (χ0n) is 30.8. The monoisotopic (exact) mass is 718 g/mol. The van der Waals surface area contributed by atoms with Crippen LogP contribution in [0, 0.1) is 0 Å². The molecule has 2 atom stereocenters. The molecule has 0 saturated carbocycles. The van der Waals surface area contributed by atoms with Crippen molar-refractivity contribution in [1.82, 2.24) is 19.9 Å². The number of aromatic amines is 2. The molecule has 0 radical (unpaired) electrons. The molecule has 0 aromatic carbocycles. The van der Waals surface area contributed by atoms with Gasteiger partial charge in [-0.05, 0) is 59.4 Å². The fourth-order valence-electron chi connectivity index (χ4n) is 6.74. The lowest BCUT2D eigenvalue weighted by Gasteiger charge is -2.23. The predicted octanol–water partition coefficient (Wildman–Crippen LogP) is 3.98. The minimum atomic E-state index is -1.06. The summed E-state index contributed by atoms with van der Waals surface area (Å²) < 4.78 is 20.0. The maximum atomic E-state index is 12.8. The van der Waals surface area contributed by atoms with E-state index in [0.717, 1.165) is 0 Å². The molecular weight excluding hydrogens is 672 g/mol. The van der Waals surface area contributed by atoms with Crippen LogP contribution in [0.3, 0.4) is 0 Å². The van der Waals surface area contributed by atoms with E-state index in [1.54, 1.807) is 24.3 Å². The molecule has 14 nitrogen and oxygen atoms in total. The normalized spacial score (nSPS) is 17.3. The van der Waals surface area contributed by atoms with Gasteiger partial charge in [0.2, 0.25) is 0 Å². The van der Waals surface area contributed by atoms with Gasteiger partial charge in [0.25, 0.3) is 0 Å². The summed E-state index contributed by atoms with van der Waals surface area (Å²) in [6, 6.07) is 6.92. The number of aliphatic hydroxyl groups excluding tert-OH is 2. The number of nitrogens with one attached hydrogen (secondary N) is 2. The number of hydrogen-bond donors (Lipinski definition) is 4. The summed E-state index contributed by atoms with van der Waals surface area (Å²) in [6.45, 7) is 7.37. The van der Waals surface area contributed by atoms with Gasteiger partial charge in [0.1, 0.15) is 12.2 Å². The lowest BCUT2D eigenvalue weighted by atomic mass is 9.82. The number of nitrogens with zero attached hydrogens (tertiary/aromatic N) is 2. The number of aryl methyl sites for hydroxylation is 2.